The van der Waals surface area contributed by atoms with Gasteiger partial charge in [0.15, 0.2) is 6.61 Å². The Hall–Kier alpha value is -2.80. The number of fused-ring (bicyclic) bond motifs is 1. The van der Waals surface area contributed by atoms with Gasteiger partial charge < -0.3 is 14.5 Å². The molecule has 1 aliphatic carbocycles. The van der Waals surface area contributed by atoms with Crippen molar-refractivity contribution in [2.24, 2.45) is 0 Å². The van der Waals surface area contributed by atoms with Crippen molar-refractivity contribution in [2.45, 2.75) is 63.2 Å². The standard InChI is InChI=1S/C24H27N3O3S/c1-15-11-12-16(2)21(13-15)29-14-22-26-27-24(30-22)31-17(3)23(28)25-20-10-6-8-18-7-4-5-9-19(18)20/h4-5,7,9,11-13,17,20H,6,8,10,14H2,1-3H3,(H,25,28). The first-order valence-electron chi connectivity index (χ1n) is 10.6. The van der Waals surface area contributed by atoms with Gasteiger partial charge in [-0.05, 0) is 68.4 Å². The van der Waals surface area contributed by atoms with Crippen LogP contribution < -0.4 is 10.1 Å². The maximum atomic E-state index is 12.8. The molecule has 6 nitrogen and oxygen atoms in total. The summed E-state index contributed by atoms with van der Waals surface area (Å²) >= 11 is 1.26. The lowest BCUT2D eigenvalue weighted by molar-refractivity contribution is -0.121. The van der Waals surface area contributed by atoms with Crippen LogP contribution in [0.2, 0.25) is 0 Å². The Morgan fingerprint density at radius 3 is 2.97 bits per heavy atom. The number of amides is 1. The minimum atomic E-state index is -0.345. The number of carbonyl (C=O) groups excluding carboxylic acids is 1. The second kappa shape index (κ2) is 9.56. The lowest BCUT2D eigenvalue weighted by Crippen LogP contribution is -2.35. The topological polar surface area (TPSA) is 77.2 Å². The number of thioether (sulfide) groups is 1. The van der Waals surface area contributed by atoms with Crippen molar-refractivity contribution in [1.29, 1.82) is 0 Å². The number of hydrogen-bond acceptors (Lipinski definition) is 6. The molecule has 2 atom stereocenters. The van der Waals surface area contributed by atoms with Crippen LogP contribution in [0.1, 0.15) is 54.0 Å². The van der Waals surface area contributed by atoms with Crippen molar-refractivity contribution < 1.29 is 13.9 Å². The molecule has 0 fully saturated rings. The highest BCUT2D eigenvalue weighted by atomic mass is 32.2. The molecule has 0 saturated heterocycles. The van der Waals surface area contributed by atoms with Crippen LogP contribution in [0, 0.1) is 13.8 Å². The summed E-state index contributed by atoms with van der Waals surface area (Å²) in [6.45, 7) is 6.06. The van der Waals surface area contributed by atoms with Crippen LogP contribution >= 0.6 is 11.8 Å². The number of nitrogens with zero attached hydrogens (tertiary/aromatic N) is 2. The molecular formula is C24H27N3O3S. The SMILES string of the molecule is Cc1ccc(C)c(OCc2nnc(SC(C)C(=O)NC3CCCc4ccccc43)o2)c1. The van der Waals surface area contributed by atoms with Gasteiger partial charge in [-0.3, -0.25) is 4.79 Å². The lowest BCUT2D eigenvalue weighted by atomic mass is 9.88. The Labute approximate surface area is 186 Å². The molecule has 1 heterocycles. The molecule has 0 spiro atoms. The zero-order chi connectivity index (χ0) is 21.8. The zero-order valence-electron chi connectivity index (χ0n) is 18.1. The Bertz CT molecular complexity index is 1070. The van der Waals surface area contributed by atoms with E-state index in [0.717, 1.165) is 36.1 Å². The molecule has 0 bridgehead atoms. The number of carbonyl (C=O) groups is 1. The van der Waals surface area contributed by atoms with E-state index in [1.807, 2.05) is 45.0 Å². The molecule has 2 aromatic carbocycles. The summed E-state index contributed by atoms with van der Waals surface area (Å²) in [6, 6.07) is 14.4. The third kappa shape index (κ3) is 5.28. The van der Waals surface area contributed by atoms with E-state index in [1.54, 1.807) is 0 Å². The summed E-state index contributed by atoms with van der Waals surface area (Å²) in [5, 5.41) is 11.3. The van der Waals surface area contributed by atoms with Gasteiger partial charge in [0.2, 0.25) is 5.91 Å². The molecule has 31 heavy (non-hydrogen) atoms. The van der Waals surface area contributed by atoms with Crippen LogP contribution in [-0.2, 0) is 17.8 Å². The summed E-state index contributed by atoms with van der Waals surface area (Å²) < 4.78 is 11.5. The average Bonchev–Trinajstić information content (AvgIpc) is 3.22. The van der Waals surface area contributed by atoms with Gasteiger partial charge in [-0.1, -0.05) is 48.2 Å². The summed E-state index contributed by atoms with van der Waals surface area (Å²) in [7, 11) is 0. The van der Waals surface area contributed by atoms with Gasteiger partial charge in [0.1, 0.15) is 5.75 Å². The summed E-state index contributed by atoms with van der Waals surface area (Å²) in [4.78, 5) is 12.8. The first kappa shape index (κ1) is 21.4. The van der Waals surface area contributed by atoms with Gasteiger partial charge >= 0.3 is 0 Å². The molecule has 3 aromatic rings. The van der Waals surface area contributed by atoms with Gasteiger partial charge in [0, 0.05) is 0 Å². The molecule has 1 N–H and O–H groups in total. The van der Waals surface area contributed by atoms with Crippen LogP contribution in [-0.4, -0.2) is 21.4 Å². The smallest absolute Gasteiger partial charge is 0.277 e. The second-order valence-electron chi connectivity index (χ2n) is 7.93. The largest absolute Gasteiger partial charge is 0.484 e. The number of aromatic nitrogens is 2. The Morgan fingerprint density at radius 1 is 1.26 bits per heavy atom. The normalized spacial score (nSPS) is 16.4. The first-order chi connectivity index (χ1) is 15.0. The molecule has 1 aliphatic rings. The molecule has 162 valence electrons. The summed E-state index contributed by atoms with van der Waals surface area (Å²) in [5.74, 6) is 1.16. The maximum absolute atomic E-state index is 12.8. The molecule has 2 unspecified atom stereocenters. The van der Waals surface area contributed by atoms with Crippen LogP contribution in [0.25, 0.3) is 0 Å². The van der Waals surface area contributed by atoms with Crippen LogP contribution in [0.15, 0.2) is 52.1 Å². The number of benzene rings is 2. The minimum absolute atomic E-state index is 0.0295. The lowest BCUT2D eigenvalue weighted by Gasteiger charge is -2.27. The Balaban J connectivity index is 1.32. The van der Waals surface area contributed by atoms with Crippen LogP contribution in [0.3, 0.4) is 0 Å². The van der Waals surface area contributed by atoms with E-state index in [9.17, 15) is 4.79 Å². The van der Waals surface area contributed by atoms with Crippen molar-refractivity contribution >= 4 is 17.7 Å². The van der Waals surface area contributed by atoms with Crippen molar-refractivity contribution in [3.63, 3.8) is 0 Å². The van der Waals surface area contributed by atoms with Crippen molar-refractivity contribution in [3.8, 4) is 5.75 Å². The fourth-order valence-electron chi connectivity index (χ4n) is 3.74. The highest BCUT2D eigenvalue weighted by Gasteiger charge is 2.25. The zero-order valence-corrected chi connectivity index (χ0v) is 18.9. The molecule has 0 radical (unpaired) electrons. The molecule has 1 aromatic heterocycles. The van der Waals surface area contributed by atoms with Gasteiger partial charge in [-0.2, -0.15) is 0 Å². The Morgan fingerprint density at radius 2 is 2.10 bits per heavy atom. The van der Waals surface area contributed by atoms with Crippen molar-refractivity contribution in [3.05, 3.63) is 70.6 Å². The fourth-order valence-corrected chi connectivity index (χ4v) is 4.45. The van der Waals surface area contributed by atoms with Crippen molar-refractivity contribution in [1.82, 2.24) is 15.5 Å². The van der Waals surface area contributed by atoms with E-state index in [1.165, 1.54) is 22.9 Å². The number of aryl methyl sites for hydroxylation is 3. The van der Waals surface area contributed by atoms with E-state index in [0.29, 0.717) is 11.1 Å². The fraction of sp³-hybridized carbons (Fsp3) is 0.375. The monoisotopic (exact) mass is 437 g/mol. The van der Waals surface area contributed by atoms with Gasteiger partial charge in [-0.25, -0.2) is 0 Å². The number of rotatable bonds is 7. The number of ether oxygens (including phenoxy) is 1. The van der Waals surface area contributed by atoms with E-state index >= 15 is 0 Å². The average molecular weight is 438 g/mol. The molecule has 1 amide bonds. The Kier molecular flexibility index (Phi) is 6.61. The maximum Gasteiger partial charge on any atom is 0.277 e. The number of nitrogens with one attached hydrogen (secondary N) is 1. The van der Waals surface area contributed by atoms with Gasteiger partial charge in [-0.15, -0.1) is 10.2 Å². The highest BCUT2D eigenvalue weighted by molar-refractivity contribution is 8.00. The predicted molar refractivity (Wildman–Crippen MR) is 120 cm³/mol. The highest BCUT2D eigenvalue weighted by Crippen LogP contribution is 2.30. The molecule has 0 saturated carbocycles. The van der Waals surface area contributed by atoms with E-state index in [-0.39, 0.29) is 23.8 Å². The van der Waals surface area contributed by atoms with E-state index in [4.69, 9.17) is 9.15 Å². The van der Waals surface area contributed by atoms with Gasteiger partial charge in [0.05, 0.1) is 11.3 Å². The third-order valence-electron chi connectivity index (χ3n) is 5.48. The predicted octanol–water partition coefficient (Wildman–Crippen LogP) is 4.94. The quantitative estimate of drug-likeness (QED) is 0.528. The van der Waals surface area contributed by atoms with Crippen LogP contribution in [0.5, 0.6) is 5.75 Å². The first-order valence-corrected chi connectivity index (χ1v) is 11.4. The minimum Gasteiger partial charge on any atom is -0.484 e. The summed E-state index contributed by atoms with van der Waals surface area (Å²) in [5.41, 5.74) is 4.73. The van der Waals surface area contributed by atoms with Crippen LogP contribution in [0.4, 0.5) is 0 Å². The molecule has 0 aliphatic heterocycles. The summed E-state index contributed by atoms with van der Waals surface area (Å²) in [6.07, 6.45) is 3.11. The second-order valence-corrected chi connectivity index (χ2v) is 9.22. The number of hydrogen-bond donors (Lipinski definition) is 1. The molecule has 7 heteroatoms. The van der Waals surface area contributed by atoms with Crippen molar-refractivity contribution in [2.75, 3.05) is 0 Å². The van der Waals surface area contributed by atoms with E-state index in [2.05, 4.69) is 33.7 Å². The van der Waals surface area contributed by atoms with Gasteiger partial charge in [0.25, 0.3) is 11.1 Å². The third-order valence-corrected chi connectivity index (χ3v) is 6.41. The molecule has 4 rings (SSSR count). The van der Waals surface area contributed by atoms with E-state index < -0.39 is 0 Å². The molecular weight excluding hydrogens is 410 g/mol.